The van der Waals surface area contributed by atoms with E-state index in [1.54, 1.807) is 12.1 Å². The monoisotopic (exact) mass is 283 g/mol. The van der Waals surface area contributed by atoms with Crippen molar-refractivity contribution in [3.05, 3.63) is 57.7 Å². The summed E-state index contributed by atoms with van der Waals surface area (Å²) in [7, 11) is 0. The van der Waals surface area contributed by atoms with E-state index in [0.717, 1.165) is 5.56 Å². The molecular weight excluding hydrogens is 273 g/mol. The van der Waals surface area contributed by atoms with Gasteiger partial charge in [-0.15, -0.1) is 0 Å². The Morgan fingerprint density at radius 1 is 1.17 bits per heavy atom. The van der Waals surface area contributed by atoms with Crippen LogP contribution in [0.1, 0.15) is 11.1 Å². The molecule has 0 aliphatic carbocycles. The summed E-state index contributed by atoms with van der Waals surface area (Å²) < 4.78 is 5.49. The lowest BCUT2D eigenvalue weighted by Crippen LogP contribution is -1.98. The van der Waals surface area contributed by atoms with E-state index < -0.39 is 0 Å². The topological polar surface area (TPSA) is 42.4 Å². The highest BCUT2D eigenvalue weighted by atomic mass is 35.5. The maximum Gasteiger partial charge on any atom is 0.232 e. The molecule has 2 aromatic rings. The van der Waals surface area contributed by atoms with Crippen LogP contribution in [0.5, 0.6) is 5.88 Å². The number of ether oxygens (including phenoxy) is 1. The number of nitrogens with zero attached hydrogens (tertiary/aromatic N) is 1. The predicted molar refractivity (Wildman–Crippen MR) is 71.0 cm³/mol. The Hall–Kier alpha value is -1.29. The van der Waals surface area contributed by atoms with Gasteiger partial charge in [0.05, 0.1) is 6.61 Å². The SMILES string of the molecule is OCc1cnc(OCc2cccc(Cl)c2)c(Cl)c1. The molecule has 0 unspecified atom stereocenters. The smallest absolute Gasteiger partial charge is 0.232 e. The molecule has 0 spiro atoms. The first kappa shape index (κ1) is 13.1. The fraction of sp³-hybridized carbons (Fsp3) is 0.154. The Morgan fingerprint density at radius 3 is 2.67 bits per heavy atom. The molecule has 1 N–H and O–H groups in total. The summed E-state index contributed by atoms with van der Waals surface area (Å²) in [6.07, 6.45) is 1.53. The third kappa shape index (κ3) is 3.35. The molecule has 0 radical (unpaired) electrons. The van der Waals surface area contributed by atoms with Crippen molar-refractivity contribution in [2.45, 2.75) is 13.2 Å². The molecule has 3 nitrogen and oxygen atoms in total. The zero-order valence-corrected chi connectivity index (χ0v) is 10.9. The summed E-state index contributed by atoms with van der Waals surface area (Å²) in [5.74, 6) is 0.342. The normalized spacial score (nSPS) is 10.4. The largest absolute Gasteiger partial charge is 0.472 e. The zero-order valence-electron chi connectivity index (χ0n) is 9.44. The molecule has 0 atom stereocenters. The first-order chi connectivity index (χ1) is 8.69. The van der Waals surface area contributed by atoms with Gasteiger partial charge in [-0.25, -0.2) is 4.98 Å². The lowest BCUT2D eigenvalue weighted by Gasteiger charge is -2.08. The molecule has 18 heavy (non-hydrogen) atoms. The van der Waals surface area contributed by atoms with Crippen LogP contribution in [0.4, 0.5) is 0 Å². The molecule has 94 valence electrons. The third-order valence-corrected chi connectivity index (χ3v) is 2.82. The van der Waals surface area contributed by atoms with Crippen LogP contribution in [0.25, 0.3) is 0 Å². The van der Waals surface area contributed by atoms with E-state index >= 15 is 0 Å². The van der Waals surface area contributed by atoms with Gasteiger partial charge in [-0.05, 0) is 29.3 Å². The first-order valence-electron chi connectivity index (χ1n) is 5.31. The van der Waals surface area contributed by atoms with Gasteiger partial charge in [0.2, 0.25) is 5.88 Å². The van der Waals surface area contributed by atoms with Crippen LogP contribution in [-0.4, -0.2) is 10.1 Å². The van der Waals surface area contributed by atoms with Crippen molar-refractivity contribution < 1.29 is 9.84 Å². The van der Waals surface area contributed by atoms with Crippen molar-refractivity contribution >= 4 is 23.2 Å². The van der Waals surface area contributed by atoms with Crippen molar-refractivity contribution in [1.82, 2.24) is 4.98 Å². The number of aliphatic hydroxyl groups is 1. The van der Waals surface area contributed by atoms with Gasteiger partial charge in [-0.3, -0.25) is 0 Å². The summed E-state index contributed by atoms with van der Waals surface area (Å²) in [4.78, 5) is 4.04. The molecule has 2 rings (SSSR count). The summed E-state index contributed by atoms with van der Waals surface area (Å²) in [6.45, 7) is 0.243. The second-order valence-corrected chi connectivity index (χ2v) is 4.55. The maximum absolute atomic E-state index is 8.94. The fourth-order valence-electron chi connectivity index (χ4n) is 1.44. The van der Waals surface area contributed by atoms with E-state index in [-0.39, 0.29) is 6.61 Å². The van der Waals surface area contributed by atoms with Gasteiger partial charge in [0.1, 0.15) is 11.6 Å². The Morgan fingerprint density at radius 2 is 2.00 bits per heavy atom. The van der Waals surface area contributed by atoms with E-state index in [1.165, 1.54) is 6.20 Å². The first-order valence-corrected chi connectivity index (χ1v) is 6.07. The number of hydrogen-bond acceptors (Lipinski definition) is 3. The molecule has 1 heterocycles. The molecule has 0 amide bonds. The van der Waals surface area contributed by atoms with Gasteiger partial charge >= 0.3 is 0 Å². The maximum atomic E-state index is 8.94. The lowest BCUT2D eigenvalue weighted by atomic mass is 10.2. The number of benzene rings is 1. The number of rotatable bonds is 4. The highest BCUT2D eigenvalue weighted by molar-refractivity contribution is 6.31. The molecule has 0 aliphatic rings. The van der Waals surface area contributed by atoms with E-state index in [0.29, 0.717) is 28.1 Å². The molecule has 0 bridgehead atoms. The summed E-state index contributed by atoms with van der Waals surface area (Å²) >= 11 is 11.9. The minimum Gasteiger partial charge on any atom is -0.472 e. The summed E-state index contributed by atoms with van der Waals surface area (Å²) in [5.41, 5.74) is 1.58. The average molecular weight is 284 g/mol. The van der Waals surface area contributed by atoms with E-state index in [4.69, 9.17) is 33.0 Å². The van der Waals surface area contributed by atoms with Crippen molar-refractivity contribution in [2.75, 3.05) is 0 Å². The lowest BCUT2D eigenvalue weighted by molar-refractivity contribution is 0.278. The van der Waals surface area contributed by atoms with Gasteiger partial charge in [0.25, 0.3) is 0 Å². The second-order valence-electron chi connectivity index (χ2n) is 3.71. The zero-order chi connectivity index (χ0) is 13.0. The van der Waals surface area contributed by atoms with Gasteiger partial charge < -0.3 is 9.84 Å². The molecule has 1 aromatic heterocycles. The highest BCUT2D eigenvalue weighted by Gasteiger charge is 2.05. The van der Waals surface area contributed by atoms with Gasteiger partial charge in [0, 0.05) is 11.2 Å². The predicted octanol–water partition coefficient (Wildman–Crippen LogP) is 3.46. The fourth-order valence-corrected chi connectivity index (χ4v) is 1.89. The van der Waals surface area contributed by atoms with Crippen LogP contribution in [0.15, 0.2) is 36.5 Å². The Bertz CT molecular complexity index is 546. The minimum absolute atomic E-state index is 0.0959. The van der Waals surface area contributed by atoms with Crippen molar-refractivity contribution in [3.63, 3.8) is 0 Å². The number of pyridine rings is 1. The van der Waals surface area contributed by atoms with Gasteiger partial charge in [-0.2, -0.15) is 0 Å². The van der Waals surface area contributed by atoms with Crippen molar-refractivity contribution in [2.24, 2.45) is 0 Å². The second kappa shape index (κ2) is 6.05. The molecular formula is C13H11Cl2NO2. The molecule has 0 saturated heterocycles. The van der Waals surface area contributed by atoms with E-state index in [2.05, 4.69) is 4.98 Å². The van der Waals surface area contributed by atoms with Crippen molar-refractivity contribution in [3.8, 4) is 5.88 Å². The summed E-state index contributed by atoms with van der Waals surface area (Å²) in [6, 6.07) is 9.00. The van der Waals surface area contributed by atoms with Gasteiger partial charge in [0.15, 0.2) is 0 Å². The molecule has 0 aliphatic heterocycles. The van der Waals surface area contributed by atoms with Crippen LogP contribution in [0, 0.1) is 0 Å². The molecule has 5 heteroatoms. The number of aromatic nitrogens is 1. The molecule has 0 fully saturated rings. The Labute approximate surface area is 115 Å². The molecule has 1 aromatic carbocycles. The standard InChI is InChI=1S/C13H11Cl2NO2/c14-11-3-1-2-9(4-11)8-18-13-12(15)5-10(7-17)6-16-13/h1-6,17H,7-8H2. The average Bonchev–Trinajstić information content (AvgIpc) is 2.37. The van der Waals surface area contributed by atoms with E-state index in [1.807, 2.05) is 18.2 Å². The van der Waals surface area contributed by atoms with Crippen LogP contribution in [0.3, 0.4) is 0 Å². The number of halogens is 2. The third-order valence-electron chi connectivity index (χ3n) is 2.31. The van der Waals surface area contributed by atoms with Crippen LogP contribution < -0.4 is 4.74 Å². The van der Waals surface area contributed by atoms with Crippen LogP contribution in [0.2, 0.25) is 10.0 Å². The molecule has 0 saturated carbocycles. The van der Waals surface area contributed by atoms with Crippen molar-refractivity contribution in [1.29, 1.82) is 0 Å². The van der Waals surface area contributed by atoms with E-state index in [9.17, 15) is 0 Å². The highest BCUT2D eigenvalue weighted by Crippen LogP contribution is 2.23. The minimum atomic E-state index is -0.0959. The number of aliphatic hydroxyl groups excluding tert-OH is 1. The quantitative estimate of drug-likeness (QED) is 0.934. The van der Waals surface area contributed by atoms with Crippen LogP contribution in [-0.2, 0) is 13.2 Å². The van der Waals surface area contributed by atoms with Gasteiger partial charge in [-0.1, -0.05) is 35.3 Å². The number of hydrogen-bond donors (Lipinski definition) is 1. The summed E-state index contributed by atoms with van der Waals surface area (Å²) in [5, 5.41) is 9.97. The van der Waals surface area contributed by atoms with Crippen LogP contribution >= 0.6 is 23.2 Å². The Balaban J connectivity index is 2.06. The Kier molecular flexibility index (Phi) is 4.42.